The maximum atomic E-state index is 11.8. The molecule has 0 saturated heterocycles. The lowest BCUT2D eigenvalue weighted by Gasteiger charge is -2.06. The Labute approximate surface area is 108 Å². The Balaban J connectivity index is 2.08. The van der Waals surface area contributed by atoms with Crippen LogP contribution in [0, 0.1) is 11.3 Å². The van der Waals surface area contributed by atoms with E-state index in [9.17, 15) is 9.59 Å². The monoisotopic (exact) mass is 254 g/mol. The molecule has 0 aliphatic carbocycles. The maximum Gasteiger partial charge on any atom is 0.347 e. The molecular weight excluding hydrogens is 244 g/mol. The third-order valence-corrected chi connectivity index (χ3v) is 2.37. The first kappa shape index (κ1) is 12.5. The van der Waals surface area contributed by atoms with Crippen molar-refractivity contribution in [2.75, 3.05) is 5.32 Å². The van der Waals surface area contributed by atoms with Crippen LogP contribution in [0.3, 0.4) is 0 Å². The van der Waals surface area contributed by atoms with E-state index in [2.05, 4.69) is 10.3 Å². The molecule has 2 rings (SSSR count). The van der Waals surface area contributed by atoms with Crippen molar-refractivity contribution in [3.63, 3.8) is 0 Å². The molecule has 1 aromatic heterocycles. The molecule has 0 radical (unpaired) electrons. The molecule has 1 heterocycles. The lowest BCUT2D eigenvalue weighted by atomic mass is 10.2. The van der Waals surface area contributed by atoms with E-state index in [1.165, 1.54) is 17.0 Å². The van der Waals surface area contributed by atoms with Crippen molar-refractivity contribution in [2.45, 2.75) is 6.54 Å². The van der Waals surface area contributed by atoms with E-state index in [4.69, 9.17) is 5.26 Å². The van der Waals surface area contributed by atoms with Crippen molar-refractivity contribution < 1.29 is 4.79 Å². The molecule has 0 saturated carbocycles. The second-order valence-electron chi connectivity index (χ2n) is 3.77. The summed E-state index contributed by atoms with van der Waals surface area (Å²) >= 11 is 0. The van der Waals surface area contributed by atoms with Crippen LogP contribution in [-0.2, 0) is 11.3 Å². The van der Waals surface area contributed by atoms with E-state index in [-0.39, 0.29) is 12.5 Å². The quantitative estimate of drug-likeness (QED) is 0.875. The molecule has 1 N–H and O–H groups in total. The molecule has 19 heavy (non-hydrogen) atoms. The molecule has 2 aromatic rings. The van der Waals surface area contributed by atoms with Crippen molar-refractivity contribution in [3.05, 3.63) is 58.8 Å². The predicted octanol–water partition coefficient (Wildman–Crippen LogP) is 0.754. The van der Waals surface area contributed by atoms with E-state index in [1.54, 1.807) is 30.3 Å². The molecular formula is C13H10N4O2. The summed E-state index contributed by atoms with van der Waals surface area (Å²) in [6, 6.07) is 10.1. The summed E-state index contributed by atoms with van der Waals surface area (Å²) in [5.41, 5.74) is 0.487. The van der Waals surface area contributed by atoms with E-state index >= 15 is 0 Å². The zero-order valence-electron chi connectivity index (χ0n) is 9.91. The van der Waals surface area contributed by atoms with Crippen molar-refractivity contribution >= 4 is 11.6 Å². The first-order valence-corrected chi connectivity index (χ1v) is 5.50. The third-order valence-electron chi connectivity index (χ3n) is 2.37. The largest absolute Gasteiger partial charge is 0.347 e. The van der Waals surface area contributed by atoms with Crippen LogP contribution in [0.5, 0.6) is 0 Å². The van der Waals surface area contributed by atoms with Crippen molar-refractivity contribution in [1.82, 2.24) is 9.55 Å². The van der Waals surface area contributed by atoms with E-state index in [0.29, 0.717) is 11.3 Å². The van der Waals surface area contributed by atoms with Crippen LogP contribution in [-0.4, -0.2) is 15.5 Å². The van der Waals surface area contributed by atoms with Gasteiger partial charge in [0.05, 0.1) is 11.6 Å². The number of nitrogens with zero attached hydrogens (tertiary/aromatic N) is 3. The van der Waals surface area contributed by atoms with Gasteiger partial charge in [0.1, 0.15) is 6.54 Å². The molecule has 94 valence electrons. The Bertz CT molecular complexity index is 700. The number of rotatable bonds is 3. The minimum absolute atomic E-state index is 0.122. The first-order chi connectivity index (χ1) is 9.19. The Morgan fingerprint density at radius 1 is 1.42 bits per heavy atom. The van der Waals surface area contributed by atoms with Gasteiger partial charge in [0, 0.05) is 18.1 Å². The van der Waals surface area contributed by atoms with Gasteiger partial charge in [-0.2, -0.15) is 5.26 Å². The highest BCUT2D eigenvalue weighted by Gasteiger charge is 2.05. The van der Waals surface area contributed by atoms with E-state index in [0.717, 1.165) is 0 Å². The van der Waals surface area contributed by atoms with Gasteiger partial charge in [-0.05, 0) is 24.3 Å². The number of amides is 1. The highest BCUT2D eigenvalue weighted by Crippen LogP contribution is 2.09. The van der Waals surface area contributed by atoms with Gasteiger partial charge in [0.15, 0.2) is 0 Å². The van der Waals surface area contributed by atoms with Gasteiger partial charge >= 0.3 is 5.69 Å². The molecule has 1 amide bonds. The lowest BCUT2D eigenvalue weighted by molar-refractivity contribution is -0.116. The number of carbonyl (C=O) groups excluding carboxylic acids is 1. The average Bonchev–Trinajstić information content (AvgIpc) is 2.41. The van der Waals surface area contributed by atoms with Crippen LogP contribution < -0.4 is 11.0 Å². The number of nitrogens with one attached hydrogen (secondary N) is 1. The van der Waals surface area contributed by atoms with Gasteiger partial charge < -0.3 is 5.32 Å². The van der Waals surface area contributed by atoms with Gasteiger partial charge in [0.2, 0.25) is 5.91 Å². The predicted molar refractivity (Wildman–Crippen MR) is 68.3 cm³/mol. The molecule has 0 fully saturated rings. The van der Waals surface area contributed by atoms with Crippen molar-refractivity contribution in [2.24, 2.45) is 0 Å². The summed E-state index contributed by atoms with van der Waals surface area (Å²) < 4.78 is 1.20. The van der Waals surface area contributed by atoms with Gasteiger partial charge in [-0.3, -0.25) is 9.36 Å². The minimum Gasteiger partial charge on any atom is -0.324 e. The summed E-state index contributed by atoms with van der Waals surface area (Å²) in [6.07, 6.45) is 2.85. The topological polar surface area (TPSA) is 87.8 Å². The molecule has 0 spiro atoms. The third kappa shape index (κ3) is 3.26. The van der Waals surface area contributed by atoms with Crippen LogP contribution >= 0.6 is 0 Å². The smallest absolute Gasteiger partial charge is 0.324 e. The summed E-state index contributed by atoms with van der Waals surface area (Å²) in [5, 5.41) is 11.4. The van der Waals surface area contributed by atoms with Gasteiger partial charge in [0.25, 0.3) is 0 Å². The number of hydrogen-bond donors (Lipinski definition) is 1. The van der Waals surface area contributed by atoms with Crippen LogP contribution in [0.2, 0.25) is 0 Å². The van der Waals surface area contributed by atoms with E-state index < -0.39 is 5.69 Å². The van der Waals surface area contributed by atoms with Crippen LogP contribution in [0.1, 0.15) is 5.56 Å². The second kappa shape index (κ2) is 5.60. The number of carbonyl (C=O) groups is 1. The molecule has 6 nitrogen and oxygen atoms in total. The summed E-state index contributed by atoms with van der Waals surface area (Å²) in [5.74, 6) is -0.356. The standard InChI is InChI=1S/C13H10N4O2/c14-8-10-3-1-4-11(7-10)16-12(18)9-17-6-2-5-15-13(17)19/h1-7H,9H2,(H,16,18). The minimum atomic E-state index is -0.483. The zero-order chi connectivity index (χ0) is 13.7. The second-order valence-corrected chi connectivity index (χ2v) is 3.77. The normalized spacial score (nSPS) is 9.63. The van der Waals surface area contributed by atoms with Crippen LogP contribution in [0.15, 0.2) is 47.5 Å². The van der Waals surface area contributed by atoms with Crippen LogP contribution in [0.4, 0.5) is 5.69 Å². The summed E-state index contributed by atoms with van der Waals surface area (Å²) in [7, 11) is 0. The molecule has 0 aliphatic rings. The fourth-order valence-electron chi connectivity index (χ4n) is 1.53. The first-order valence-electron chi connectivity index (χ1n) is 5.50. The van der Waals surface area contributed by atoms with Crippen molar-refractivity contribution in [1.29, 1.82) is 5.26 Å². The Morgan fingerprint density at radius 3 is 3.00 bits per heavy atom. The molecule has 0 unspecified atom stereocenters. The number of anilines is 1. The average molecular weight is 254 g/mol. The van der Waals surface area contributed by atoms with E-state index in [1.807, 2.05) is 6.07 Å². The number of nitriles is 1. The molecule has 0 bridgehead atoms. The fraction of sp³-hybridized carbons (Fsp3) is 0.0769. The maximum absolute atomic E-state index is 11.8. The highest BCUT2D eigenvalue weighted by molar-refractivity contribution is 5.90. The Hall–Kier alpha value is -2.94. The lowest BCUT2D eigenvalue weighted by Crippen LogP contribution is -2.28. The number of aromatic nitrogens is 2. The van der Waals surface area contributed by atoms with Crippen LogP contribution in [0.25, 0.3) is 0 Å². The molecule has 1 aromatic carbocycles. The Morgan fingerprint density at radius 2 is 2.26 bits per heavy atom. The zero-order valence-corrected chi connectivity index (χ0v) is 9.91. The van der Waals surface area contributed by atoms with Gasteiger partial charge in [-0.15, -0.1) is 0 Å². The fourth-order valence-corrected chi connectivity index (χ4v) is 1.53. The number of benzene rings is 1. The van der Waals surface area contributed by atoms with Gasteiger partial charge in [-0.25, -0.2) is 9.78 Å². The molecule has 0 aliphatic heterocycles. The highest BCUT2D eigenvalue weighted by atomic mass is 16.2. The number of hydrogen-bond acceptors (Lipinski definition) is 4. The summed E-state index contributed by atoms with van der Waals surface area (Å²) in [6.45, 7) is -0.122. The van der Waals surface area contributed by atoms with Gasteiger partial charge in [-0.1, -0.05) is 6.07 Å². The molecule has 0 atom stereocenters. The molecule has 6 heteroatoms. The SMILES string of the molecule is N#Cc1cccc(NC(=O)Cn2cccnc2=O)c1. The Kier molecular flexibility index (Phi) is 3.69. The summed E-state index contributed by atoms with van der Waals surface area (Å²) in [4.78, 5) is 26.6. The van der Waals surface area contributed by atoms with Crippen molar-refractivity contribution in [3.8, 4) is 6.07 Å².